The zero-order valence-corrected chi connectivity index (χ0v) is 16.2. The van der Waals surface area contributed by atoms with Gasteiger partial charge in [0.15, 0.2) is 17.3 Å². The molecule has 0 radical (unpaired) electrons. The Hall–Kier alpha value is -2.90. The summed E-state index contributed by atoms with van der Waals surface area (Å²) in [5.74, 6) is 1.78. The van der Waals surface area contributed by atoms with Crippen LogP contribution in [-0.2, 0) is 0 Å². The van der Waals surface area contributed by atoms with Crippen molar-refractivity contribution in [3.63, 3.8) is 0 Å². The molecule has 0 atom stereocenters. The van der Waals surface area contributed by atoms with Gasteiger partial charge in [-0.3, -0.25) is 0 Å². The number of hydrogen-bond donors (Lipinski definition) is 0. The summed E-state index contributed by atoms with van der Waals surface area (Å²) >= 11 is 7.48. The monoisotopic (exact) mass is 413 g/mol. The smallest absolute Gasteiger partial charge is 0.231 e. The van der Waals surface area contributed by atoms with Gasteiger partial charge in [-0.05, 0) is 35.9 Å². The Morgan fingerprint density at radius 3 is 2.79 bits per heavy atom. The highest BCUT2D eigenvalue weighted by atomic mass is 35.5. The first-order valence-electron chi connectivity index (χ1n) is 8.43. The van der Waals surface area contributed by atoms with E-state index in [0.717, 1.165) is 37.9 Å². The minimum absolute atomic E-state index is 0.0961. The second-order valence-corrected chi connectivity index (χ2v) is 7.71. The van der Waals surface area contributed by atoms with Gasteiger partial charge in [0, 0.05) is 23.7 Å². The van der Waals surface area contributed by atoms with Gasteiger partial charge in [0.25, 0.3) is 0 Å². The Balaban J connectivity index is 1.58. The van der Waals surface area contributed by atoms with Crippen molar-refractivity contribution in [2.24, 2.45) is 0 Å². The number of nitrogens with zero attached hydrogens (tertiary/aromatic N) is 3. The van der Waals surface area contributed by atoms with Crippen LogP contribution in [0.2, 0.25) is 5.02 Å². The molecule has 0 saturated carbocycles. The fraction of sp³-hybridized carbons (Fsp3) is 0.100. The van der Waals surface area contributed by atoms with Gasteiger partial charge in [0.1, 0.15) is 12.1 Å². The third kappa shape index (κ3) is 2.83. The lowest BCUT2D eigenvalue weighted by Gasteiger charge is -2.19. The summed E-state index contributed by atoms with van der Waals surface area (Å²) in [7, 11) is 1.94. The maximum Gasteiger partial charge on any atom is 0.231 e. The summed E-state index contributed by atoms with van der Waals surface area (Å²) in [5, 5.41) is 0.0961. The number of hydrogen-bond acceptors (Lipinski definition) is 6. The molecule has 0 unspecified atom stereocenters. The lowest BCUT2D eigenvalue weighted by Crippen LogP contribution is -2.11. The molecule has 0 spiro atoms. The van der Waals surface area contributed by atoms with Crippen LogP contribution >= 0.6 is 22.9 Å². The molecule has 0 fully saturated rings. The largest absolute Gasteiger partial charge is 0.454 e. The molecule has 0 N–H and O–H groups in total. The molecule has 0 amide bonds. The van der Waals surface area contributed by atoms with Crippen LogP contribution in [0.1, 0.15) is 0 Å². The lowest BCUT2D eigenvalue weighted by molar-refractivity contribution is 0.174. The maximum atomic E-state index is 13.5. The van der Waals surface area contributed by atoms with E-state index in [1.807, 2.05) is 36.2 Å². The highest BCUT2D eigenvalue weighted by molar-refractivity contribution is 7.22. The van der Waals surface area contributed by atoms with E-state index in [4.69, 9.17) is 21.1 Å². The molecule has 28 heavy (non-hydrogen) atoms. The summed E-state index contributed by atoms with van der Waals surface area (Å²) in [6.45, 7) is 0.231. The lowest BCUT2D eigenvalue weighted by atomic mass is 10.2. The first kappa shape index (κ1) is 17.2. The molecule has 0 saturated heterocycles. The third-order valence-corrected chi connectivity index (χ3v) is 6.02. The van der Waals surface area contributed by atoms with Crippen LogP contribution in [0.4, 0.5) is 15.9 Å². The van der Waals surface area contributed by atoms with Crippen molar-refractivity contribution in [1.82, 2.24) is 9.97 Å². The first-order valence-corrected chi connectivity index (χ1v) is 9.63. The molecule has 2 aromatic carbocycles. The molecule has 3 heterocycles. The summed E-state index contributed by atoms with van der Waals surface area (Å²) in [6.07, 6.45) is 1.54. The van der Waals surface area contributed by atoms with Crippen molar-refractivity contribution < 1.29 is 13.9 Å². The SMILES string of the molecule is CN(c1ccc2c(c1)OCO2)c1ncnc2cc(-c3ccc(F)c(Cl)c3)sc12. The molecular formula is C20H13ClFN3O2S. The molecule has 0 aliphatic carbocycles. The van der Waals surface area contributed by atoms with Gasteiger partial charge < -0.3 is 14.4 Å². The number of aromatic nitrogens is 2. The molecule has 1 aliphatic heterocycles. The quantitative estimate of drug-likeness (QED) is 0.434. The number of rotatable bonds is 3. The average molecular weight is 414 g/mol. The normalized spacial score (nSPS) is 12.5. The topological polar surface area (TPSA) is 47.5 Å². The Kier molecular flexibility index (Phi) is 4.07. The number of halogens is 2. The van der Waals surface area contributed by atoms with Crippen LogP contribution in [0.3, 0.4) is 0 Å². The molecule has 8 heteroatoms. The van der Waals surface area contributed by atoms with Crippen molar-refractivity contribution >= 4 is 44.7 Å². The minimum atomic E-state index is -0.436. The Bertz CT molecular complexity index is 1210. The van der Waals surface area contributed by atoms with E-state index >= 15 is 0 Å². The van der Waals surface area contributed by atoms with Crippen molar-refractivity contribution in [3.05, 3.63) is 59.6 Å². The fourth-order valence-electron chi connectivity index (χ4n) is 3.09. The summed E-state index contributed by atoms with van der Waals surface area (Å²) < 4.78 is 25.3. The van der Waals surface area contributed by atoms with Gasteiger partial charge in [0.05, 0.1) is 15.2 Å². The highest BCUT2D eigenvalue weighted by Gasteiger charge is 2.18. The Labute approximate surface area is 168 Å². The molecule has 1 aliphatic rings. The Morgan fingerprint density at radius 2 is 1.93 bits per heavy atom. The van der Waals surface area contributed by atoms with E-state index in [1.165, 1.54) is 23.7 Å². The minimum Gasteiger partial charge on any atom is -0.454 e. The van der Waals surface area contributed by atoms with Crippen molar-refractivity contribution in [2.75, 3.05) is 18.7 Å². The van der Waals surface area contributed by atoms with Crippen molar-refractivity contribution in [3.8, 4) is 21.9 Å². The predicted octanol–water partition coefficient (Wildman–Crippen LogP) is 5.65. The zero-order chi connectivity index (χ0) is 19.3. The van der Waals surface area contributed by atoms with Crippen LogP contribution in [0.15, 0.2) is 48.8 Å². The van der Waals surface area contributed by atoms with Crippen molar-refractivity contribution in [2.45, 2.75) is 0 Å². The number of anilines is 2. The van der Waals surface area contributed by atoms with Gasteiger partial charge in [-0.25, -0.2) is 14.4 Å². The first-order chi connectivity index (χ1) is 13.6. The van der Waals surface area contributed by atoms with Gasteiger partial charge >= 0.3 is 0 Å². The van der Waals surface area contributed by atoms with E-state index in [1.54, 1.807) is 12.1 Å². The predicted molar refractivity (Wildman–Crippen MR) is 108 cm³/mol. The highest BCUT2D eigenvalue weighted by Crippen LogP contribution is 2.41. The van der Waals surface area contributed by atoms with Crippen LogP contribution in [0.25, 0.3) is 20.7 Å². The number of thiophene rings is 1. The van der Waals surface area contributed by atoms with Crippen LogP contribution < -0.4 is 14.4 Å². The van der Waals surface area contributed by atoms with Gasteiger partial charge in [0.2, 0.25) is 6.79 Å². The molecule has 140 valence electrons. The summed E-state index contributed by atoms with van der Waals surface area (Å²) in [4.78, 5) is 11.8. The van der Waals surface area contributed by atoms with E-state index in [9.17, 15) is 4.39 Å². The van der Waals surface area contributed by atoms with Crippen LogP contribution in [-0.4, -0.2) is 23.8 Å². The van der Waals surface area contributed by atoms with Crippen LogP contribution in [0.5, 0.6) is 11.5 Å². The number of benzene rings is 2. The second kappa shape index (κ2) is 6.61. The molecule has 2 aromatic heterocycles. The van der Waals surface area contributed by atoms with E-state index in [0.29, 0.717) is 5.75 Å². The zero-order valence-electron chi connectivity index (χ0n) is 14.6. The van der Waals surface area contributed by atoms with E-state index in [-0.39, 0.29) is 11.8 Å². The average Bonchev–Trinajstić information content (AvgIpc) is 3.35. The van der Waals surface area contributed by atoms with Gasteiger partial charge in [-0.15, -0.1) is 11.3 Å². The molecule has 4 aromatic rings. The Morgan fingerprint density at radius 1 is 1.07 bits per heavy atom. The second-order valence-electron chi connectivity index (χ2n) is 6.25. The van der Waals surface area contributed by atoms with E-state index in [2.05, 4.69) is 9.97 Å². The van der Waals surface area contributed by atoms with E-state index < -0.39 is 5.82 Å². The molecule has 5 nitrogen and oxygen atoms in total. The molecule has 5 rings (SSSR count). The van der Waals surface area contributed by atoms with Gasteiger partial charge in [-0.2, -0.15) is 0 Å². The van der Waals surface area contributed by atoms with Crippen molar-refractivity contribution in [1.29, 1.82) is 0 Å². The maximum absolute atomic E-state index is 13.5. The summed E-state index contributed by atoms with van der Waals surface area (Å²) in [5.41, 5.74) is 2.58. The molecule has 0 bridgehead atoms. The fourth-order valence-corrected chi connectivity index (χ4v) is 4.40. The summed E-state index contributed by atoms with van der Waals surface area (Å²) in [6, 6.07) is 12.4. The number of fused-ring (bicyclic) bond motifs is 2. The van der Waals surface area contributed by atoms with Gasteiger partial charge in [-0.1, -0.05) is 17.7 Å². The standard InChI is InChI=1S/C20H13ClFN3O2S/c1-25(12-3-5-16-17(7-12)27-10-26-16)20-19-15(23-9-24-20)8-18(28-19)11-2-4-14(22)13(21)6-11/h2-9H,10H2,1H3. The number of ether oxygens (including phenoxy) is 2. The van der Waals surface area contributed by atoms with Crippen LogP contribution in [0, 0.1) is 5.82 Å². The molecular weight excluding hydrogens is 401 g/mol. The third-order valence-electron chi connectivity index (χ3n) is 4.56.